The van der Waals surface area contributed by atoms with Gasteiger partial charge in [0.25, 0.3) is 0 Å². The molecule has 0 unspecified atom stereocenters. The van der Waals surface area contributed by atoms with E-state index in [0.717, 1.165) is 22.7 Å². The summed E-state index contributed by atoms with van der Waals surface area (Å²) in [4.78, 5) is 6.71. The zero-order valence-corrected chi connectivity index (χ0v) is 10.5. The average molecular weight is 237 g/mol. The van der Waals surface area contributed by atoms with Crippen LogP contribution in [0.1, 0.15) is 0 Å². The molecule has 0 bridgehead atoms. The highest BCUT2D eigenvalue weighted by atomic mass is 15.3. The van der Waals surface area contributed by atoms with Crippen molar-refractivity contribution in [1.29, 1.82) is 0 Å². The van der Waals surface area contributed by atoms with E-state index < -0.39 is 0 Å². The van der Waals surface area contributed by atoms with Crippen LogP contribution in [0.25, 0.3) is 16.7 Å². The molecule has 0 radical (unpaired) electrons. The summed E-state index contributed by atoms with van der Waals surface area (Å²) in [5.74, 6) is 0.947. The standard InChI is InChI=1S/C15H15N3/c1-17(2)15-16-13-10-6-7-11-14(13)18(15)12-8-4-3-5-9-12/h3-11H,1-2H3. The topological polar surface area (TPSA) is 21.1 Å². The number of benzene rings is 2. The molecule has 3 rings (SSSR count). The van der Waals surface area contributed by atoms with Crippen LogP contribution in [0, 0.1) is 0 Å². The molecule has 3 aromatic rings. The van der Waals surface area contributed by atoms with Crippen molar-refractivity contribution in [2.45, 2.75) is 0 Å². The molecule has 0 aliphatic rings. The van der Waals surface area contributed by atoms with E-state index in [-0.39, 0.29) is 0 Å². The smallest absolute Gasteiger partial charge is 0.210 e. The lowest BCUT2D eigenvalue weighted by molar-refractivity contribution is 0.970. The molecule has 0 fully saturated rings. The highest BCUT2D eigenvalue weighted by molar-refractivity contribution is 5.81. The lowest BCUT2D eigenvalue weighted by Crippen LogP contribution is -2.14. The summed E-state index contributed by atoms with van der Waals surface area (Å²) in [6.45, 7) is 0. The van der Waals surface area contributed by atoms with E-state index in [2.05, 4.69) is 27.8 Å². The highest BCUT2D eigenvalue weighted by Crippen LogP contribution is 2.25. The van der Waals surface area contributed by atoms with Gasteiger partial charge in [-0.1, -0.05) is 30.3 Å². The number of aromatic nitrogens is 2. The molecule has 0 saturated heterocycles. The third-order valence-corrected chi connectivity index (χ3v) is 2.96. The van der Waals surface area contributed by atoms with Crippen LogP contribution in [0.4, 0.5) is 5.95 Å². The minimum atomic E-state index is 0.947. The van der Waals surface area contributed by atoms with Crippen LogP contribution in [0.2, 0.25) is 0 Å². The molecule has 90 valence electrons. The predicted molar refractivity (Wildman–Crippen MR) is 75.4 cm³/mol. The Balaban J connectivity index is 2.35. The Bertz CT molecular complexity index is 669. The van der Waals surface area contributed by atoms with Gasteiger partial charge in [-0.25, -0.2) is 4.98 Å². The van der Waals surface area contributed by atoms with E-state index >= 15 is 0 Å². The lowest BCUT2D eigenvalue weighted by Gasteiger charge is -2.14. The molecule has 0 aliphatic heterocycles. The number of imidazole rings is 1. The zero-order valence-electron chi connectivity index (χ0n) is 10.5. The van der Waals surface area contributed by atoms with Crippen LogP contribution in [0.5, 0.6) is 0 Å². The lowest BCUT2D eigenvalue weighted by atomic mass is 10.3. The normalized spacial score (nSPS) is 10.8. The fourth-order valence-corrected chi connectivity index (χ4v) is 2.14. The molecule has 1 aromatic heterocycles. The zero-order chi connectivity index (χ0) is 12.5. The maximum atomic E-state index is 4.68. The van der Waals surface area contributed by atoms with Crippen molar-refractivity contribution in [2.24, 2.45) is 0 Å². The molecule has 0 aliphatic carbocycles. The Morgan fingerprint density at radius 1 is 0.889 bits per heavy atom. The van der Waals surface area contributed by atoms with Gasteiger partial charge in [-0.15, -0.1) is 0 Å². The molecule has 0 amide bonds. The fraction of sp³-hybridized carbons (Fsp3) is 0.133. The van der Waals surface area contributed by atoms with Gasteiger partial charge in [-0.2, -0.15) is 0 Å². The largest absolute Gasteiger partial charge is 0.348 e. The molecule has 1 heterocycles. The third kappa shape index (κ3) is 1.64. The number of hydrogen-bond donors (Lipinski definition) is 0. The third-order valence-electron chi connectivity index (χ3n) is 2.96. The molecule has 0 spiro atoms. The van der Waals surface area contributed by atoms with Crippen molar-refractivity contribution in [1.82, 2.24) is 9.55 Å². The van der Waals surface area contributed by atoms with Gasteiger partial charge < -0.3 is 4.90 Å². The number of para-hydroxylation sites is 3. The first-order valence-electron chi connectivity index (χ1n) is 5.97. The highest BCUT2D eigenvalue weighted by Gasteiger charge is 2.12. The first kappa shape index (κ1) is 10.8. The van der Waals surface area contributed by atoms with E-state index in [1.54, 1.807) is 0 Å². The molecule has 0 saturated carbocycles. The molecule has 3 heteroatoms. The molecule has 2 aromatic carbocycles. The van der Waals surface area contributed by atoms with Gasteiger partial charge in [0.15, 0.2) is 0 Å². The minimum absolute atomic E-state index is 0.947. The quantitative estimate of drug-likeness (QED) is 0.683. The van der Waals surface area contributed by atoms with Crippen LogP contribution in [-0.2, 0) is 0 Å². The van der Waals surface area contributed by atoms with Gasteiger partial charge in [0.05, 0.1) is 11.0 Å². The van der Waals surface area contributed by atoms with E-state index in [1.807, 2.05) is 55.4 Å². The first-order chi connectivity index (χ1) is 8.77. The number of hydrogen-bond acceptors (Lipinski definition) is 2. The first-order valence-corrected chi connectivity index (χ1v) is 5.97. The second-order valence-electron chi connectivity index (χ2n) is 4.47. The van der Waals surface area contributed by atoms with Crippen molar-refractivity contribution in [3.63, 3.8) is 0 Å². The van der Waals surface area contributed by atoms with E-state index in [1.165, 1.54) is 0 Å². The molecular weight excluding hydrogens is 222 g/mol. The van der Waals surface area contributed by atoms with Crippen molar-refractivity contribution < 1.29 is 0 Å². The van der Waals surface area contributed by atoms with E-state index in [9.17, 15) is 0 Å². The summed E-state index contributed by atoms with van der Waals surface area (Å²) in [5, 5.41) is 0. The molecule has 18 heavy (non-hydrogen) atoms. The Morgan fingerprint density at radius 2 is 1.56 bits per heavy atom. The van der Waals surface area contributed by atoms with Crippen LogP contribution in [-0.4, -0.2) is 23.6 Å². The Hall–Kier alpha value is -2.29. The summed E-state index contributed by atoms with van der Waals surface area (Å²) in [7, 11) is 4.03. The fourth-order valence-electron chi connectivity index (χ4n) is 2.14. The molecule has 0 N–H and O–H groups in total. The van der Waals surface area contributed by atoms with E-state index in [0.29, 0.717) is 0 Å². The molecule has 0 atom stereocenters. The maximum Gasteiger partial charge on any atom is 0.210 e. The van der Waals surface area contributed by atoms with Gasteiger partial charge in [0.1, 0.15) is 0 Å². The van der Waals surface area contributed by atoms with Crippen molar-refractivity contribution in [3.8, 4) is 5.69 Å². The van der Waals surface area contributed by atoms with Crippen molar-refractivity contribution in [3.05, 3.63) is 54.6 Å². The van der Waals surface area contributed by atoms with Gasteiger partial charge in [-0.05, 0) is 24.3 Å². The Morgan fingerprint density at radius 3 is 2.28 bits per heavy atom. The summed E-state index contributed by atoms with van der Waals surface area (Å²) < 4.78 is 2.18. The van der Waals surface area contributed by atoms with Gasteiger partial charge in [0, 0.05) is 19.8 Å². The average Bonchev–Trinajstić information content (AvgIpc) is 2.79. The van der Waals surface area contributed by atoms with Gasteiger partial charge in [0.2, 0.25) is 5.95 Å². The molecule has 3 nitrogen and oxygen atoms in total. The van der Waals surface area contributed by atoms with Crippen LogP contribution in [0.3, 0.4) is 0 Å². The monoisotopic (exact) mass is 237 g/mol. The predicted octanol–water partition coefficient (Wildman–Crippen LogP) is 3.09. The molecular formula is C15H15N3. The van der Waals surface area contributed by atoms with Crippen LogP contribution in [0.15, 0.2) is 54.6 Å². The summed E-state index contributed by atoms with van der Waals surface area (Å²) in [6.07, 6.45) is 0. The summed E-state index contributed by atoms with van der Waals surface area (Å²) in [5.41, 5.74) is 3.28. The number of rotatable bonds is 2. The van der Waals surface area contributed by atoms with Crippen molar-refractivity contribution in [2.75, 3.05) is 19.0 Å². The Labute approximate surface area is 106 Å². The number of nitrogens with zero attached hydrogens (tertiary/aromatic N) is 3. The SMILES string of the molecule is CN(C)c1nc2ccccc2n1-c1ccccc1. The second-order valence-corrected chi connectivity index (χ2v) is 4.47. The summed E-state index contributed by atoms with van der Waals surface area (Å²) >= 11 is 0. The number of anilines is 1. The maximum absolute atomic E-state index is 4.68. The van der Waals surface area contributed by atoms with Gasteiger partial charge >= 0.3 is 0 Å². The van der Waals surface area contributed by atoms with Crippen LogP contribution < -0.4 is 4.90 Å². The van der Waals surface area contributed by atoms with Gasteiger partial charge in [-0.3, -0.25) is 4.57 Å². The minimum Gasteiger partial charge on any atom is -0.348 e. The number of fused-ring (bicyclic) bond motifs is 1. The van der Waals surface area contributed by atoms with E-state index in [4.69, 9.17) is 0 Å². The second kappa shape index (κ2) is 4.18. The van der Waals surface area contributed by atoms with Crippen LogP contribution >= 0.6 is 0 Å². The summed E-state index contributed by atoms with van der Waals surface area (Å²) in [6, 6.07) is 18.5. The van der Waals surface area contributed by atoms with Crippen molar-refractivity contribution >= 4 is 17.0 Å². The Kier molecular flexibility index (Phi) is 2.52.